The van der Waals surface area contributed by atoms with Gasteiger partial charge in [0, 0.05) is 12.6 Å². The molecule has 0 amide bonds. The zero-order valence-corrected chi connectivity index (χ0v) is 13.3. The number of halogens is 2. The van der Waals surface area contributed by atoms with Crippen LogP contribution in [-0.2, 0) is 11.2 Å². The van der Waals surface area contributed by atoms with Crippen LogP contribution in [0.3, 0.4) is 0 Å². The maximum Gasteiger partial charge on any atom is 0.261 e. The average Bonchev–Trinajstić information content (AvgIpc) is 2.43. The molecule has 0 aliphatic rings. The van der Waals surface area contributed by atoms with Gasteiger partial charge in [-0.2, -0.15) is 0 Å². The van der Waals surface area contributed by atoms with E-state index in [0.29, 0.717) is 6.61 Å². The van der Waals surface area contributed by atoms with Crippen LogP contribution in [-0.4, -0.2) is 32.2 Å². The highest BCUT2D eigenvalue weighted by molar-refractivity contribution is 5.34. The number of hydrogen-bond acceptors (Lipinski definition) is 2. The van der Waals surface area contributed by atoms with Crippen molar-refractivity contribution >= 4 is 0 Å². The second kappa shape index (κ2) is 9.85. The summed E-state index contributed by atoms with van der Waals surface area (Å²) in [5.41, 5.74) is 3.92. The molecule has 0 heterocycles. The van der Waals surface area contributed by atoms with Gasteiger partial charge in [0.2, 0.25) is 0 Å². The molecule has 0 aromatic heterocycles. The van der Waals surface area contributed by atoms with Crippen LogP contribution in [0.2, 0.25) is 0 Å². The summed E-state index contributed by atoms with van der Waals surface area (Å²) in [7, 11) is 0. The van der Waals surface area contributed by atoms with Gasteiger partial charge < -0.3 is 10.1 Å². The Bertz CT molecular complexity index is 390. The third-order valence-electron chi connectivity index (χ3n) is 3.63. The van der Waals surface area contributed by atoms with E-state index in [2.05, 4.69) is 44.3 Å². The van der Waals surface area contributed by atoms with Crippen molar-refractivity contribution in [1.29, 1.82) is 0 Å². The van der Waals surface area contributed by atoms with E-state index in [9.17, 15) is 8.78 Å². The summed E-state index contributed by atoms with van der Waals surface area (Å²) in [4.78, 5) is 0. The molecule has 0 fully saturated rings. The van der Waals surface area contributed by atoms with Gasteiger partial charge in [-0.15, -0.1) is 0 Å². The third kappa shape index (κ3) is 7.00. The van der Waals surface area contributed by atoms with E-state index in [0.717, 1.165) is 25.8 Å². The van der Waals surface area contributed by atoms with Crippen molar-refractivity contribution in [3.8, 4) is 0 Å². The Morgan fingerprint density at radius 2 is 1.86 bits per heavy atom. The third-order valence-corrected chi connectivity index (χ3v) is 3.63. The van der Waals surface area contributed by atoms with Gasteiger partial charge in [-0.1, -0.05) is 25.1 Å². The fourth-order valence-electron chi connectivity index (χ4n) is 2.44. The largest absolute Gasteiger partial charge is 0.375 e. The highest BCUT2D eigenvalue weighted by Gasteiger charge is 2.12. The molecule has 0 saturated heterocycles. The first-order valence-corrected chi connectivity index (χ1v) is 7.69. The first kappa shape index (κ1) is 18.1. The van der Waals surface area contributed by atoms with Gasteiger partial charge in [-0.05, 0) is 56.3 Å². The minimum Gasteiger partial charge on any atom is -0.375 e. The molecule has 1 aromatic carbocycles. The molecule has 1 aromatic rings. The summed E-state index contributed by atoms with van der Waals surface area (Å²) in [5, 5.41) is 3.49. The number of benzene rings is 1. The van der Waals surface area contributed by atoms with Crippen LogP contribution in [0.25, 0.3) is 0 Å². The maximum absolute atomic E-state index is 12.1. The van der Waals surface area contributed by atoms with E-state index in [1.54, 1.807) is 0 Å². The van der Waals surface area contributed by atoms with Crippen LogP contribution in [0.4, 0.5) is 8.78 Å². The van der Waals surface area contributed by atoms with Crippen molar-refractivity contribution in [1.82, 2.24) is 5.32 Å². The van der Waals surface area contributed by atoms with Gasteiger partial charge in [0.15, 0.2) is 0 Å². The molecule has 0 aliphatic carbocycles. The van der Waals surface area contributed by atoms with Gasteiger partial charge in [0.05, 0.1) is 0 Å². The molecule has 120 valence electrons. The lowest BCUT2D eigenvalue weighted by Crippen LogP contribution is -2.33. The van der Waals surface area contributed by atoms with Crippen LogP contribution in [0.15, 0.2) is 18.2 Å². The molecule has 0 bridgehead atoms. The fourth-order valence-corrected chi connectivity index (χ4v) is 2.44. The summed E-state index contributed by atoms with van der Waals surface area (Å²) < 4.78 is 29.2. The van der Waals surface area contributed by atoms with Gasteiger partial charge in [0.25, 0.3) is 6.43 Å². The summed E-state index contributed by atoms with van der Waals surface area (Å²) in [6.07, 6.45) is 0.337. The van der Waals surface area contributed by atoms with Gasteiger partial charge in [-0.3, -0.25) is 0 Å². The molecule has 1 rings (SSSR count). The summed E-state index contributed by atoms with van der Waals surface area (Å²) in [6.45, 7) is 7.19. The molecule has 1 atom stereocenters. The van der Waals surface area contributed by atoms with Gasteiger partial charge in [-0.25, -0.2) is 8.78 Å². The lowest BCUT2D eigenvalue weighted by molar-refractivity contribution is 0.0144. The first-order chi connectivity index (χ1) is 10.0. The van der Waals surface area contributed by atoms with Crippen LogP contribution >= 0.6 is 0 Å². The van der Waals surface area contributed by atoms with Crippen LogP contribution in [0.5, 0.6) is 0 Å². The van der Waals surface area contributed by atoms with E-state index in [4.69, 9.17) is 4.74 Å². The standard InChI is InChI=1S/C17H27F2NO/c1-4-9-20-15(8-10-21-12-17(18)19)11-16-13(2)6-5-7-14(16)3/h5-7,15,17,20H,4,8-12H2,1-3H3. The molecular weight excluding hydrogens is 272 g/mol. The Labute approximate surface area is 126 Å². The monoisotopic (exact) mass is 299 g/mol. The number of ether oxygens (including phenoxy) is 1. The van der Waals surface area contributed by atoms with Crippen molar-refractivity contribution in [2.45, 2.75) is 52.5 Å². The number of alkyl halides is 2. The van der Waals surface area contributed by atoms with Crippen LogP contribution in [0.1, 0.15) is 36.5 Å². The minimum absolute atomic E-state index is 0.266. The smallest absolute Gasteiger partial charge is 0.261 e. The van der Waals surface area contributed by atoms with Crippen molar-refractivity contribution in [2.24, 2.45) is 0 Å². The van der Waals surface area contributed by atoms with E-state index >= 15 is 0 Å². The molecular formula is C17H27F2NO. The van der Waals surface area contributed by atoms with Crippen LogP contribution in [0, 0.1) is 13.8 Å². The van der Waals surface area contributed by atoms with Crippen molar-refractivity contribution in [3.05, 3.63) is 34.9 Å². The molecule has 2 nitrogen and oxygen atoms in total. The predicted molar refractivity (Wildman–Crippen MR) is 83.1 cm³/mol. The molecule has 0 aliphatic heterocycles. The molecule has 1 unspecified atom stereocenters. The SMILES string of the molecule is CCCNC(CCOCC(F)F)Cc1c(C)cccc1C. The predicted octanol–water partition coefficient (Wildman–Crippen LogP) is 3.89. The maximum atomic E-state index is 12.1. The second-order valence-corrected chi connectivity index (χ2v) is 5.48. The van der Waals surface area contributed by atoms with E-state index in [1.165, 1.54) is 16.7 Å². The Morgan fingerprint density at radius 3 is 2.43 bits per heavy atom. The van der Waals surface area contributed by atoms with Crippen molar-refractivity contribution < 1.29 is 13.5 Å². The molecule has 0 spiro atoms. The number of hydrogen-bond donors (Lipinski definition) is 1. The fraction of sp³-hybridized carbons (Fsp3) is 0.647. The van der Waals surface area contributed by atoms with Gasteiger partial charge in [0.1, 0.15) is 6.61 Å². The van der Waals surface area contributed by atoms with Crippen molar-refractivity contribution in [3.63, 3.8) is 0 Å². The second-order valence-electron chi connectivity index (χ2n) is 5.48. The zero-order valence-electron chi connectivity index (χ0n) is 13.3. The molecule has 0 radical (unpaired) electrons. The molecule has 4 heteroatoms. The minimum atomic E-state index is -2.38. The highest BCUT2D eigenvalue weighted by atomic mass is 19.3. The molecule has 0 saturated carbocycles. The molecule has 21 heavy (non-hydrogen) atoms. The highest BCUT2D eigenvalue weighted by Crippen LogP contribution is 2.16. The van der Waals surface area contributed by atoms with E-state index in [-0.39, 0.29) is 6.04 Å². The number of aryl methyl sites for hydroxylation is 2. The number of nitrogens with one attached hydrogen (secondary N) is 1. The lowest BCUT2D eigenvalue weighted by Gasteiger charge is -2.21. The quantitative estimate of drug-likeness (QED) is 0.662. The molecule has 1 N–H and O–H groups in total. The Hall–Kier alpha value is -1.00. The number of rotatable bonds is 10. The Morgan fingerprint density at radius 1 is 1.19 bits per heavy atom. The van der Waals surface area contributed by atoms with E-state index < -0.39 is 13.0 Å². The zero-order chi connectivity index (χ0) is 15.7. The Kier molecular flexibility index (Phi) is 8.47. The summed E-state index contributed by atoms with van der Waals surface area (Å²) in [5.74, 6) is 0. The average molecular weight is 299 g/mol. The Balaban J connectivity index is 2.56. The van der Waals surface area contributed by atoms with Crippen molar-refractivity contribution in [2.75, 3.05) is 19.8 Å². The lowest BCUT2D eigenvalue weighted by atomic mass is 9.95. The van der Waals surface area contributed by atoms with Gasteiger partial charge >= 0.3 is 0 Å². The first-order valence-electron chi connectivity index (χ1n) is 7.69. The van der Waals surface area contributed by atoms with Crippen LogP contribution < -0.4 is 5.32 Å². The summed E-state index contributed by atoms with van der Waals surface area (Å²) >= 11 is 0. The topological polar surface area (TPSA) is 21.3 Å². The normalized spacial score (nSPS) is 12.9. The van der Waals surface area contributed by atoms with E-state index in [1.807, 2.05) is 0 Å². The summed E-state index contributed by atoms with van der Waals surface area (Å²) in [6, 6.07) is 6.57.